The maximum atomic E-state index is 11.5. The summed E-state index contributed by atoms with van der Waals surface area (Å²) in [5.74, 6) is -0.363. The Morgan fingerprint density at radius 2 is 2.46 bits per heavy atom. The molecule has 0 radical (unpaired) electrons. The van der Waals surface area contributed by atoms with Gasteiger partial charge in [0.1, 0.15) is 5.92 Å². The molecule has 3 nitrogen and oxygen atoms in total. The van der Waals surface area contributed by atoms with E-state index in [9.17, 15) is 4.79 Å². The van der Waals surface area contributed by atoms with Crippen molar-refractivity contribution in [2.24, 2.45) is 5.92 Å². The number of rotatable bonds is 2. The smallest absolute Gasteiger partial charge is 0.315 e. The van der Waals surface area contributed by atoms with Crippen LogP contribution in [0.5, 0.6) is 0 Å². The van der Waals surface area contributed by atoms with E-state index in [4.69, 9.17) is 9.47 Å². The van der Waals surface area contributed by atoms with Crippen LogP contribution in [0.1, 0.15) is 19.8 Å². The fourth-order valence-corrected chi connectivity index (χ4v) is 2.15. The number of fused-ring (bicyclic) bond motifs is 2. The van der Waals surface area contributed by atoms with Crippen molar-refractivity contribution in [3.05, 3.63) is 12.2 Å². The Bertz CT molecular complexity index is 247. The molecule has 0 unspecified atom stereocenters. The lowest BCUT2D eigenvalue weighted by Crippen LogP contribution is -2.28. The molecule has 13 heavy (non-hydrogen) atoms. The zero-order valence-electron chi connectivity index (χ0n) is 7.79. The van der Waals surface area contributed by atoms with Crippen LogP contribution in [-0.2, 0) is 14.3 Å². The lowest BCUT2D eigenvalue weighted by atomic mass is 9.85. The zero-order chi connectivity index (χ0) is 9.42. The highest BCUT2D eigenvalue weighted by Crippen LogP contribution is 2.42. The average Bonchev–Trinajstić information content (AvgIpc) is 2.63. The molecule has 2 saturated heterocycles. The summed E-state index contributed by atoms with van der Waals surface area (Å²) >= 11 is 0. The number of hydrogen-bond donors (Lipinski definition) is 0. The van der Waals surface area contributed by atoms with Crippen LogP contribution < -0.4 is 0 Å². The minimum Gasteiger partial charge on any atom is -0.465 e. The first-order chi connectivity index (χ1) is 6.24. The first-order valence-corrected chi connectivity index (χ1v) is 4.74. The number of carbonyl (C=O) groups is 1. The Kier molecular flexibility index (Phi) is 2.12. The highest BCUT2D eigenvalue weighted by atomic mass is 16.5. The molecule has 0 aromatic heterocycles. The molecule has 2 aliphatic rings. The molecule has 72 valence electrons. The molecule has 2 bridgehead atoms. The minimum absolute atomic E-state index is 0.0385. The summed E-state index contributed by atoms with van der Waals surface area (Å²) in [4.78, 5) is 11.5. The van der Waals surface area contributed by atoms with Gasteiger partial charge in [-0.15, -0.1) is 0 Å². The van der Waals surface area contributed by atoms with E-state index in [-0.39, 0.29) is 24.1 Å². The first-order valence-electron chi connectivity index (χ1n) is 4.74. The molecule has 0 aromatic carbocycles. The van der Waals surface area contributed by atoms with E-state index < -0.39 is 0 Å². The quantitative estimate of drug-likeness (QED) is 0.476. The molecule has 3 atom stereocenters. The van der Waals surface area contributed by atoms with E-state index in [0.29, 0.717) is 6.61 Å². The molecule has 2 heterocycles. The maximum absolute atomic E-state index is 11.5. The van der Waals surface area contributed by atoms with Crippen molar-refractivity contribution in [1.82, 2.24) is 0 Å². The highest BCUT2D eigenvalue weighted by Gasteiger charge is 2.48. The monoisotopic (exact) mass is 182 g/mol. The summed E-state index contributed by atoms with van der Waals surface area (Å²) in [6.07, 6.45) is 2.13. The fraction of sp³-hybridized carbons (Fsp3) is 0.700. The molecule has 0 aliphatic carbocycles. The van der Waals surface area contributed by atoms with Crippen molar-refractivity contribution < 1.29 is 14.3 Å². The molecule has 2 fully saturated rings. The molecule has 2 aliphatic heterocycles. The Morgan fingerprint density at radius 1 is 1.69 bits per heavy atom. The standard InChI is InChI=1S/C10H14O3/c1-3-12-10(11)9-6(2)7-4-5-8(9)13-7/h7-9H,2-5H2,1H3/t7-,8+,9-/m0/s1. The van der Waals surface area contributed by atoms with Gasteiger partial charge in [0.25, 0.3) is 0 Å². The Morgan fingerprint density at radius 3 is 3.00 bits per heavy atom. The molecule has 0 spiro atoms. The number of esters is 1. The van der Waals surface area contributed by atoms with Gasteiger partial charge in [-0.3, -0.25) is 4.79 Å². The summed E-state index contributed by atoms with van der Waals surface area (Å²) in [6, 6.07) is 0. The minimum atomic E-state index is -0.196. The normalized spacial score (nSPS) is 36.7. The van der Waals surface area contributed by atoms with Crippen LogP contribution in [0.25, 0.3) is 0 Å². The summed E-state index contributed by atoms with van der Waals surface area (Å²) in [5, 5.41) is 0. The largest absolute Gasteiger partial charge is 0.465 e. The highest BCUT2D eigenvalue weighted by molar-refractivity contribution is 5.77. The van der Waals surface area contributed by atoms with Crippen molar-refractivity contribution in [1.29, 1.82) is 0 Å². The maximum Gasteiger partial charge on any atom is 0.315 e. The van der Waals surface area contributed by atoms with E-state index in [2.05, 4.69) is 6.58 Å². The Labute approximate surface area is 77.7 Å². The van der Waals surface area contributed by atoms with E-state index >= 15 is 0 Å². The van der Waals surface area contributed by atoms with Crippen LogP contribution in [0, 0.1) is 5.92 Å². The second kappa shape index (κ2) is 3.14. The van der Waals surface area contributed by atoms with Gasteiger partial charge in [-0.05, 0) is 25.3 Å². The predicted molar refractivity (Wildman–Crippen MR) is 47.2 cm³/mol. The van der Waals surface area contributed by atoms with Gasteiger partial charge in [0.15, 0.2) is 0 Å². The number of ether oxygens (including phenoxy) is 2. The summed E-state index contributed by atoms with van der Waals surface area (Å²) in [6.45, 7) is 6.14. The second-order valence-electron chi connectivity index (χ2n) is 3.55. The Hall–Kier alpha value is -0.830. The van der Waals surface area contributed by atoms with Crippen molar-refractivity contribution >= 4 is 5.97 Å². The van der Waals surface area contributed by atoms with Gasteiger partial charge < -0.3 is 9.47 Å². The first kappa shape index (κ1) is 8.75. The molecule has 0 aromatic rings. The molecule has 0 N–H and O–H groups in total. The van der Waals surface area contributed by atoms with Crippen molar-refractivity contribution in [3.8, 4) is 0 Å². The van der Waals surface area contributed by atoms with Crippen molar-refractivity contribution in [2.45, 2.75) is 32.0 Å². The molecule has 2 rings (SSSR count). The van der Waals surface area contributed by atoms with Gasteiger partial charge in [0, 0.05) is 0 Å². The van der Waals surface area contributed by atoms with Crippen molar-refractivity contribution in [3.63, 3.8) is 0 Å². The fourth-order valence-electron chi connectivity index (χ4n) is 2.15. The van der Waals surface area contributed by atoms with Crippen LogP contribution in [0.4, 0.5) is 0 Å². The molecule has 3 heteroatoms. The summed E-state index contributed by atoms with van der Waals surface area (Å²) in [7, 11) is 0. The number of hydrogen-bond acceptors (Lipinski definition) is 3. The van der Waals surface area contributed by atoms with Gasteiger partial charge in [-0.1, -0.05) is 6.58 Å². The van der Waals surface area contributed by atoms with Gasteiger partial charge in [0.2, 0.25) is 0 Å². The topological polar surface area (TPSA) is 35.5 Å². The van der Waals surface area contributed by atoms with Crippen LogP contribution in [0.15, 0.2) is 12.2 Å². The van der Waals surface area contributed by atoms with Gasteiger partial charge in [0.05, 0.1) is 18.8 Å². The third kappa shape index (κ3) is 1.27. The van der Waals surface area contributed by atoms with E-state index in [1.54, 1.807) is 0 Å². The van der Waals surface area contributed by atoms with Crippen LogP contribution in [0.3, 0.4) is 0 Å². The average molecular weight is 182 g/mol. The lowest BCUT2D eigenvalue weighted by Gasteiger charge is -2.18. The lowest BCUT2D eigenvalue weighted by molar-refractivity contribution is -0.148. The third-order valence-electron chi connectivity index (χ3n) is 2.78. The molecular formula is C10H14O3. The zero-order valence-corrected chi connectivity index (χ0v) is 7.79. The predicted octanol–water partition coefficient (Wildman–Crippen LogP) is 1.28. The Balaban J connectivity index is 2.08. The van der Waals surface area contributed by atoms with Crippen LogP contribution in [-0.4, -0.2) is 24.8 Å². The second-order valence-corrected chi connectivity index (χ2v) is 3.55. The summed E-state index contributed by atoms with van der Waals surface area (Å²) < 4.78 is 10.5. The van der Waals surface area contributed by atoms with Gasteiger partial charge in [-0.2, -0.15) is 0 Å². The van der Waals surface area contributed by atoms with E-state index in [1.807, 2.05) is 6.92 Å². The number of carbonyl (C=O) groups excluding carboxylic acids is 1. The van der Waals surface area contributed by atoms with Crippen LogP contribution >= 0.6 is 0 Å². The van der Waals surface area contributed by atoms with Gasteiger partial charge >= 0.3 is 5.97 Å². The molecule has 0 amide bonds. The van der Waals surface area contributed by atoms with E-state index in [1.165, 1.54) is 0 Å². The SMILES string of the molecule is C=C1[C@H](C(=O)OCC)[C@H]2CC[C@@H]1O2. The molecule has 0 saturated carbocycles. The molecular weight excluding hydrogens is 168 g/mol. The van der Waals surface area contributed by atoms with Crippen molar-refractivity contribution in [2.75, 3.05) is 6.61 Å². The van der Waals surface area contributed by atoms with Crippen LogP contribution in [0.2, 0.25) is 0 Å². The van der Waals surface area contributed by atoms with Gasteiger partial charge in [-0.25, -0.2) is 0 Å². The van der Waals surface area contributed by atoms with E-state index in [0.717, 1.165) is 18.4 Å². The third-order valence-corrected chi connectivity index (χ3v) is 2.78. The summed E-state index contributed by atoms with van der Waals surface area (Å²) in [5.41, 5.74) is 0.912.